The van der Waals surface area contributed by atoms with Crippen molar-refractivity contribution < 1.29 is 30.9 Å². The molecule has 0 bridgehead atoms. The van der Waals surface area contributed by atoms with Gasteiger partial charge in [0.25, 0.3) is 21.8 Å². The van der Waals surface area contributed by atoms with Gasteiger partial charge in [-0.15, -0.1) is 0 Å². The van der Waals surface area contributed by atoms with E-state index in [0.29, 0.717) is 37.5 Å². The van der Waals surface area contributed by atoms with E-state index in [1.54, 1.807) is 39.9 Å². The lowest BCUT2D eigenvalue weighted by Gasteiger charge is -2.41. The second-order valence-corrected chi connectivity index (χ2v) is 26.2. The molecule has 2 heterocycles. The SMILES string of the molecule is CCCCN(CCCC)C(=O)c1cc(C)n(-c2ccc(NS(=O)(=O)c3ccccc3S(=O)(=O)c3ccccc3)cc2C(=O)N2Cc3ccccc3C[C@H]2CO[Si](C)(C)C(C)(C)C)n1. The highest BCUT2D eigenvalue weighted by atomic mass is 32.2. The van der Waals surface area contributed by atoms with Gasteiger partial charge in [0, 0.05) is 31.0 Å². The predicted octanol–water partition coefficient (Wildman–Crippen LogP) is 9.45. The number of sulfonamides is 1. The number of anilines is 1. The fourth-order valence-electron chi connectivity index (χ4n) is 7.43. The molecule has 336 valence electrons. The van der Waals surface area contributed by atoms with E-state index in [2.05, 4.69) is 58.5 Å². The Labute approximate surface area is 374 Å². The maximum Gasteiger partial charge on any atom is 0.274 e. The first kappa shape index (κ1) is 47.4. The average molecular weight is 912 g/mol. The quantitative estimate of drug-likeness (QED) is 0.0908. The summed E-state index contributed by atoms with van der Waals surface area (Å²) < 4.78 is 67.1. The van der Waals surface area contributed by atoms with Crippen molar-refractivity contribution in [1.29, 1.82) is 0 Å². The summed E-state index contributed by atoms with van der Waals surface area (Å²) in [5.74, 6) is -0.581. The van der Waals surface area contributed by atoms with Crippen molar-refractivity contribution in [1.82, 2.24) is 19.6 Å². The van der Waals surface area contributed by atoms with Crippen LogP contribution in [0.1, 0.15) is 98.0 Å². The summed E-state index contributed by atoms with van der Waals surface area (Å²) in [7, 11) is -11.0. The predicted molar refractivity (Wildman–Crippen MR) is 250 cm³/mol. The Hall–Kier alpha value is -5.09. The van der Waals surface area contributed by atoms with Gasteiger partial charge in [0.1, 0.15) is 4.90 Å². The molecule has 0 saturated heterocycles. The number of nitrogens with zero attached hydrogens (tertiary/aromatic N) is 4. The zero-order chi connectivity index (χ0) is 45.7. The highest BCUT2D eigenvalue weighted by Crippen LogP contribution is 2.38. The van der Waals surface area contributed by atoms with E-state index < -0.39 is 33.1 Å². The number of sulfone groups is 1. The summed E-state index contributed by atoms with van der Waals surface area (Å²) in [6.45, 7) is 18.6. The third-order valence-electron chi connectivity index (χ3n) is 12.2. The van der Waals surface area contributed by atoms with Crippen molar-refractivity contribution in [2.45, 2.75) is 119 Å². The van der Waals surface area contributed by atoms with Gasteiger partial charge in [-0.05, 0) is 104 Å². The Kier molecular flexibility index (Phi) is 14.5. The fourth-order valence-corrected chi connectivity index (χ4v) is 11.6. The first-order valence-corrected chi connectivity index (χ1v) is 27.6. The van der Waals surface area contributed by atoms with Crippen molar-refractivity contribution in [3.05, 3.63) is 131 Å². The van der Waals surface area contributed by atoms with E-state index in [0.717, 1.165) is 36.8 Å². The smallest absolute Gasteiger partial charge is 0.274 e. The lowest BCUT2D eigenvalue weighted by Crippen LogP contribution is -2.50. The average Bonchev–Trinajstić information content (AvgIpc) is 3.65. The van der Waals surface area contributed by atoms with Crippen LogP contribution in [0.15, 0.2) is 118 Å². The van der Waals surface area contributed by atoms with Crippen LogP contribution in [0.5, 0.6) is 0 Å². The number of carbonyl (C=O) groups is 2. The van der Waals surface area contributed by atoms with Crippen LogP contribution in [0.3, 0.4) is 0 Å². The standard InChI is InChI=1S/C48H61N5O7S2Si/c1-9-11-28-51(29-12-10-2)47(55)42-30-35(3)53(49-42)43-27-26-38(50-62(58,59)45-25-19-18-24-44(45)61(56,57)40-22-14-13-15-23-40)32-41(43)46(54)52-33-37-21-17-16-20-36(37)31-39(52)34-60-63(7,8)48(4,5)6/h13-27,30,32,39,50H,9-12,28-29,31,33-34H2,1-8H3/t39-/m0/s1. The third-order valence-corrected chi connectivity index (χ3v) is 20.1. The van der Waals surface area contributed by atoms with Crippen molar-refractivity contribution in [3.63, 3.8) is 0 Å². The molecule has 0 spiro atoms. The van der Waals surface area contributed by atoms with Crippen LogP contribution in [0.4, 0.5) is 5.69 Å². The molecule has 63 heavy (non-hydrogen) atoms. The molecule has 6 rings (SSSR count). The summed E-state index contributed by atoms with van der Waals surface area (Å²) in [4.78, 5) is 32.1. The molecule has 1 N–H and O–H groups in total. The Morgan fingerprint density at radius 3 is 2.06 bits per heavy atom. The normalized spacial score (nSPS) is 14.6. The molecule has 15 heteroatoms. The minimum atomic E-state index is -4.55. The van der Waals surface area contributed by atoms with E-state index >= 15 is 4.79 Å². The maximum atomic E-state index is 15.4. The van der Waals surface area contributed by atoms with Gasteiger partial charge in [-0.25, -0.2) is 21.5 Å². The molecule has 0 unspecified atom stereocenters. The second-order valence-electron chi connectivity index (χ2n) is 17.8. The van der Waals surface area contributed by atoms with Crippen LogP contribution in [-0.4, -0.2) is 82.3 Å². The Balaban J connectivity index is 1.46. The van der Waals surface area contributed by atoms with E-state index in [1.165, 1.54) is 48.5 Å². The van der Waals surface area contributed by atoms with Crippen LogP contribution in [0.2, 0.25) is 18.1 Å². The maximum absolute atomic E-state index is 15.4. The van der Waals surface area contributed by atoms with Gasteiger partial charge in [-0.2, -0.15) is 5.10 Å². The topological polar surface area (TPSA) is 148 Å². The molecule has 1 atom stereocenters. The molecule has 1 aromatic heterocycles. The zero-order valence-corrected chi connectivity index (χ0v) is 40.4. The molecule has 2 amide bonds. The van der Waals surface area contributed by atoms with Crippen molar-refractivity contribution in [2.24, 2.45) is 0 Å². The van der Waals surface area contributed by atoms with Crippen molar-refractivity contribution in [3.8, 4) is 5.69 Å². The number of unbranched alkanes of at least 4 members (excludes halogenated alkanes) is 2. The van der Waals surface area contributed by atoms with Gasteiger partial charge in [0.2, 0.25) is 9.84 Å². The van der Waals surface area contributed by atoms with E-state index in [1.807, 2.05) is 30.0 Å². The minimum Gasteiger partial charge on any atom is -0.415 e. The molecular weight excluding hydrogens is 851 g/mol. The number of hydrogen-bond donors (Lipinski definition) is 1. The van der Waals surface area contributed by atoms with Crippen molar-refractivity contribution in [2.75, 3.05) is 24.4 Å². The Morgan fingerprint density at radius 2 is 1.43 bits per heavy atom. The fraction of sp³-hybridized carbons (Fsp3) is 0.396. The number of hydrogen-bond acceptors (Lipinski definition) is 8. The highest BCUT2D eigenvalue weighted by molar-refractivity contribution is 7.95. The van der Waals surface area contributed by atoms with Crippen LogP contribution >= 0.6 is 0 Å². The van der Waals surface area contributed by atoms with E-state index in [-0.39, 0.29) is 56.2 Å². The molecular formula is C48H61N5O7S2Si. The number of carbonyl (C=O) groups excluding carboxylic acids is 2. The van der Waals surface area contributed by atoms with Crippen LogP contribution in [0.25, 0.3) is 5.69 Å². The van der Waals surface area contributed by atoms with Crippen LogP contribution in [0, 0.1) is 6.92 Å². The Morgan fingerprint density at radius 1 is 0.825 bits per heavy atom. The van der Waals surface area contributed by atoms with Gasteiger partial charge < -0.3 is 14.2 Å². The number of benzene rings is 4. The zero-order valence-electron chi connectivity index (χ0n) is 37.7. The molecule has 1 aliphatic rings. The third kappa shape index (κ3) is 10.5. The molecule has 0 radical (unpaired) electrons. The summed E-state index contributed by atoms with van der Waals surface area (Å²) >= 11 is 0. The second kappa shape index (κ2) is 19.3. The summed E-state index contributed by atoms with van der Waals surface area (Å²) in [6.07, 6.45) is 4.13. The lowest BCUT2D eigenvalue weighted by atomic mass is 9.93. The Bertz CT molecular complexity index is 2650. The monoisotopic (exact) mass is 911 g/mol. The minimum absolute atomic E-state index is 0.0342. The number of fused-ring (bicyclic) bond motifs is 1. The number of aromatic nitrogens is 2. The van der Waals surface area contributed by atoms with Crippen LogP contribution in [-0.2, 0) is 37.3 Å². The largest absolute Gasteiger partial charge is 0.415 e. The molecule has 0 saturated carbocycles. The van der Waals surface area contributed by atoms with Gasteiger partial charge in [-0.1, -0.05) is 102 Å². The van der Waals surface area contributed by atoms with Gasteiger partial charge >= 0.3 is 0 Å². The first-order valence-electron chi connectivity index (χ1n) is 21.7. The van der Waals surface area contributed by atoms with E-state index in [9.17, 15) is 21.6 Å². The molecule has 0 aliphatic carbocycles. The molecule has 12 nitrogen and oxygen atoms in total. The number of amides is 2. The van der Waals surface area contributed by atoms with Gasteiger partial charge in [0.05, 0.1) is 33.7 Å². The summed E-state index contributed by atoms with van der Waals surface area (Å²) in [5.41, 5.74) is 3.48. The van der Waals surface area contributed by atoms with Gasteiger partial charge in [-0.3, -0.25) is 14.3 Å². The molecule has 1 aliphatic heterocycles. The molecule has 5 aromatic rings. The number of rotatable bonds is 17. The number of aryl methyl sites for hydroxylation is 1. The highest BCUT2D eigenvalue weighted by Gasteiger charge is 2.40. The summed E-state index contributed by atoms with van der Waals surface area (Å²) in [6, 6.07) is 27.0. The number of nitrogens with one attached hydrogen (secondary N) is 1. The first-order chi connectivity index (χ1) is 29.8. The lowest BCUT2D eigenvalue weighted by molar-refractivity contribution is 0.0554. The molecule has 4 aromatic carbocycles. The van der Waals surface area contributed by atoms with Crippen molar-refractivity contribution >= 4 is 45.7 Å². The summed E-state index contributed by atoms with van der Waals surface area (Å²) in [5, 5.41) is 4.74. The molecule has 0 fully saturated rings. The van der Waals surface area contributed by atoms with Gasteiger partial charge in [0.15, 0.2) is 14.0 Å². The van der Waals surface area contributed by atoms with Crippen LogP contribution < -0.4 is 4.72 Å². The van der Waals surface area contributed by atoms with E-state index in [4.69, 9.17) is 9.52 Å².